The number of benzene rings is 5. The monoisotopic (exact) mass is 549 g/mol. The zero-order valence-corrected chi connectivity index (χ0v) is 24.5. The summed E-state index contributed by atoms with van der Waals surface area (Å²) in [5, 5.41) is 2.41. The van der Waals surface area contributed by atoms with Crippen LogP contribution in [-0.4, -0.2) is 11.3 Å². The Hall–Kier alpha value is -4.76. The molecule has 7 aromatic rings. The second-order valence-corrected chi connectivity index (χ2v) is 13.7. The normalized spacial score (nSPS) is 18.3. The van der Waals surface area contributed by atoms with E-state index in [0.717, 1.165) is 17.6 Å². The van der Waals surface area contributed by atoms with E-state index in [1.807, 2.05) is 0 Å². The van der Waals surface area contributed by atoms with E-state index in [1.54, 1.807) is 11.1 Å². The van der Waals surface area contributed by atoms with Gasteiger partial charge in [-0.2, -0.15) is 0 Å². The van der Waals surface area contributed by atoms with E-state index < -0.39 is 0 Å². The molecule has 4 aliphatic rings. The molecule has 0 amide bonds. The summed E-state index contributed by atoms with van der Waals surface area (Å²) in [6.45, 7) is 7.24. The Bertz CT molecular complexity index is 2480. The van der Waals surface area contributed by atoms with Crippen molar-refractivity contribution in [3.05, 3.63) is 130 Å². The average Bonchev–Trinajstić information content (AvgIpc) is 3.63. The fraction of sp³-hybridized carbons (Fsp3) is 0.150. The highest BCUT2D eigenvalue weighted by Gasteiger charge is 2.49. The molecule has 4 heterocycles. The Labute approximate surface area is 250 Å². The van der Waals surface area contributed by atoms with Gasteiger partial charge in [0.15, 0.2) is 5.58 Å². The third kappa shape index (κ3) is 2.46. The number of hydrogen-bond donors (Lipinski definition) is 0. The van der Waals surface area contributed by atoms with Crippen LogP contribution in [0.2, 0.25) is 0 Å². The number of furan rings is 1. The summed E-state index contributed by atoms with van der Waals surface area (Å²) in [6, 6.07) is 36.6. The summed E-state index contributed by atoms with van der Waals surface area (Å²) < 4.78 is 9.30. The summed E-state index contributed by atoms with van der Waals surface area (Å²) in [5.74, 6) is 0.338. The second kappa shape index (κ2) is 7.23. The lowest BCUT2D eigenvalue weighted by molar-refractivity contribution is 0.673. The highest BCUT2D eigenvalue weighted by Crippen LogP contribution is 2.59. The van der Waals surface area contributed by atoms with Crippen molar-refractivity contribution < 1.29 is 4.42 Å². The summed E-state index contributed by atoms with van der Waals surface area (Å²) >= 11 is 0. The van der Waals surface area contributed by atoms with Gasteiger partial charge in [0.1, 0.15) is 5.58 Å². The van der Waals surface area contributed by atoms with E-state index >= 15 is 0 Å². The van der Waals surface area contributed by atoms with Gasteiger partial charge < -0.3 is 8.90 Å². The van der Waals surface area contributed by atoms with Gasteiger partial charge >= 0.3 is 6.85 Å². The molecule has 1 unspecified atom stereocenters. The molecule has 0 bridgehead atoms. The van der Waals surface area contributed by atoms with E-state index in [2.05, 4.69) is 122 Å². The van der Waals surface area contributed by atoms with E-state index in [1.165, 1.54) is 77.2 Å². The molecule has 0 spiro atoms. The Morgan fingerprint density at radius 1 is 0.767 bits per heavy atom. The van der Waals surface area contributed by atoms with Gasteiger partial charge in [-0.25, -0.2) is 0 Å². The molecule has 2 aliphatic heterocycles. The van der Waals surface area contributed by atoms with Crippen molar-refractivity contribution in [1.29, 1.82) is 0 Å². The van der Waals surface area contributed by atoms with Gasteiger partial charge in [0.2, 0.25) is 0 Å². The van der Waals surface area contributed by atoms with E-state index in [0.29, 0.717) is 5.92 Å². The Balaban J connectivity index is 1.32. The zero-order valence-electron chi connectivity index (χ0n) is 24.5. The number of para-hydroxylation sites is 2. The molecule has 0 fully saturated rings. The van der Waals surface area contributed by atoms with Gasteiger partial charge in [0.25, 0.3) is 0 Å². The number of hydrogen-bond acceptors (Lipinski definition) is 1. The molecule has 0 saturated heterocycles. The lowest BCUT2D eigenvalue weighted by Gasteiger charge is -2.42. The van der Waals surface area contributed by atoms with Crippen LogP contribution < -0.4 is 10.9 Å². The molecule has 3 heteroatoms. The zero-order chi connectivity index (χ0) is 28.4. The first-order chi connectivity index (χ1) is 21.0. The smallest absolute Gasteiger partial charge is 0.329 e. The number of aromatic nitrogens is 1. The van der Waals surface area contributed by atoms with Crippen LogP contribution in [0.3, 0.4) is 0 Å². The lowest BCUT2D eigenvalue weighted by atomic mass is 9.40. The Kier molecular flexibility index (Phi) is 3.83. The third-order valence-electron chi connectivity index (χ3n) is 11.2. The molecule has 1 atom stereocenters. The number of fused-ring (bicyclic) bond motifs is 12. The van der Waals surface area contributed by atoms with Crippen molar-refractivity contribution in [2.45, 2.75) is 38.5 Å². The highest BCUT2D eigenvalue weighted by molar-refractivity contribution is 6.88. The van der Waals surface area contributed by atoms with E-state index in [4.69, 9.17) is 4.42 Å². The molecule has 11 rings (SSSR count). The maximum atomic E-state index is 6.65. The summed E-state index contributed by atoms with van der Waals surface area (Å²) in [6.07, 6.45) is 1.05. The van der Waals surface area contributed by atoms with E-state index in [9.17, 15) is 0 Å². The molecule has 43 heavy (non-hydrogen) atoms. The van der Waals surface area contributed by atoms with E-state index in [-0.39, 0.29) is 12.3 Å². The summed E-state index contributed by atoms with van der Waals surface area (Å²) in [5.41, 5.74) is 22.0. The first-order valence-corrected chi connectivity index (χ1v) is 15.6. The standard InChI is InChI=1S/C40H28BNO/c1-21-18-29-23-12-8-14-26-37(23)42(38-24-11-5-7-17-33(24)43-39(26)38)41-32-16-9-13-25-34(32)27(30(19-21)36(29)41)20-28-22-10-4-6-15-31(22)40(2,3)35(25)28/h4-19,27H,20H2,1-3H3. The predicted octanol–water partition coefficient (Wildman–Crippen LogP) is 8.53. The van der Waals surface area contributed by atoms with Gasteiger partial charge in [-0.05, 0) is 87.0 Å². The van der Waals surface area contributed by atoms with Crippen LogP contribution in [-0.2, 0) is 5.41 Å². The SMILES string of the molecule is Cc1cc2c3c(c1)C1CC4=C(c5cccc(c51)B3n1c3c-2cccc3c2oc3ccccc3c21)C(C)(C)c1ccccc14. The molecule has 5 aromatic carbocycles. The van der Waals surface area contributed by atoms with Crippen LogP contribution in [0.1, 0.15) is 59.6 Å². The molecule has 0 saturated carbocycles. The topological polar surface area (TPSA) is 18.1 Å². The molecule has 2 aliphatic carbocycles. The van der Waals surface area contributed by atoms with Crippen LogP contribution in [0.5, 0.6) is 0 Å². The number of aryl methyl sites for hydroxylation is 1. The van der Waals surface area contributed by atoms with Crippen molar-refractivity contribution in [2.75, 3.05) is 0 Å². The van der Waals surface area contributed by atoms with Gasteiger partial charge in [-0.3, -0.25) is 0 Å². The molecule has 0 N–H and O–H groups in total. The summed E-state index contributed by atoms with van der Waals surface area (Å²) in [7, 11) is 0. The first-order valence-electron chi connectivity index (χ1n) is 15.6. The minimum Gasteiger partial charge on any atom is -0.454 e. The number of allylic oxidation sites excluding steroid dienone is 2. The average molecular weight is 549 g/mol. The van der Waals surface area contributed by atoms with Gasteiger partial charge in [0, 0.05) is 33.2 Å². The largest absolute Gasteiger partial charge is 0.454 e. The maximum Gasteiger partial charge on any atom is 0.329 e. The fourth-order valence-electron chi connectivity index (χ4n) is 9.74. The Morgan fingerprint density at radius 2 is 1.53 bits per heavy atom. The molecule has 2 aromatic heterocycles. The van der Waals surface area contributed by atoms with Gasteiger partial charge in [-0.15, -0.1) is 0 Å². The van der Waals surface area contributed by atoms with Crippen molar-refractivity contribution >= 4 is 61.9 Å². The molecule has 202 valence electrons. The highest BCUT2D eigenvalue weighted by atomic mass is 16.3. The fourth-order valence-corrected chi connectivity index (χ4v) is 9.74. The van der Waals surface area contributed by atoms with Crippen molar-refractivity contribution in [1.82, 2.24) is 4.48 Å². The van der Waals surface area contributed by atoms with Crippen molar-refractivity contribution in [3.63, 3.8) is 0 Å². The second-order valence-electron chi connectivity index (χ2n) is 13.7. The van der Waals surface area contributed by atoms with Gasteiger partial charge in [-0.1, -0.05) is 98.3 Å². The lowest BCUT2D eigenvalue weighted by Crippen LogP contribution is -2.57. The van der Waals surface area contributed by atoms with Crippen LogP contribution in [0.15, 0.2) is 101 Å². The minimum atomic E-state index is -0.0298. The first kappa shape index (κ1) is 22.8. The molecule has 0 radical (unpaired) electrons. The molecule has 2 nitrogen and oxygen atoms in total. The van der Waals surface area contributed by atoms with Crippen LogP contribution in [0, 0.1) is 6.92 Å². The third-order valence-corrected chi connectivity index (χ3v) is 11.2. The minimum absolute atomic E-state index is 0.0298. The Morgan fingerprint density at radius 3 is 2.47 bits per heavy atom. The molecular formula is C40H28BNO. The van der Waals surface area contributed by atoms with Crippen LogP contribution in [0.25, 0.3) is 55.2 Å². The van der Waals surface area contributed by atoms with Crippen molar-refractivity contribution in [2.24, 2.45) is 0 Å². The number of nitrogens with zero attached hydrogens (tertiary/aromatic N) is 1. The van der Waals surface area contributed by atoms with Gasteiger partial charge in [0.05, 0.1) is 5.52 Å². The van der Waals surface area contributed by atoms with Crippen molar-refractivity contribution in [3.8, 4) is 11.1 Å². The maximum absolute atomic E-state index is 6.65. The summed E-state index contributed by atoms with van der Waals surface area (Å²) in [4.78, 5) is 0. The predicted molar refractivity (Wildman–Crippen MR) is 179 cm³/mol. The molecular weight excluding hydrogens is 521 g/mol. The van der Waals surface area contributed by atoms with Crippen LogP contribution >= 0.6 is 0 Å². The quantitative estimate of drug-likeness (QED) is 0.173. The number of rotatable bonds is 0. The van der Waals surface area contributed by atoms with Crippen LogP contribution in [0.4, 0.5) is 0 Å².